The molecule has 0 saturated carbocycles. The van der Waals surface area contributed by atoms with Gasteiger partial charge in [0.2, 0.25) is 11.8 Å². The lowest BCUT2D eigenvalue weighted by atomic mass is 9.97. The lowest BCUT2D eigenvalue weighted by Crippen LogP contribution is -2.39. The van der Waals surface area contributed by atoms with E-state index < -0.39 is 11.7 Å². The van der Waals surface area contributed by atoms with E-state index in [9.17, 15) is 18.0 Å². The van der Waals surface area contributed by atoms with Crippen molar-refractivity contribution >= 4 is 5.91 Å². The third-order valence-corrected chi connectivity index (χ3v) is 5.43. The van der Waals surface area contributed by atoms with Gasteiger partial charge in [-0.2, -0.15) is 13.2 Å². The Bertz CT molecular complexity index is 1090. The minimum absolute atomic E-state index is 0.0521. The third-order valence-electron chi connectivity index (χ3n) is 5.43. The fraction of sp³-hybridized carbons (Fsp3) is 0.375. The molecule has 4 rings (SSSR count). The van der Waals surface area contributed by atoms with E-state index in [4.69, 9.17) is 9.15 Å². The van der Waals surface area contributed by atoms with Crippen LogP contribution >= 0.6 is 0 Å². The quantitative estimate of drug-likeness (QED) is 0.500. The largest absolute Gasteiger partial charge is 0.491 e. The molecule has 2 heterocycles. The Hall–Kier alpha value is -3.36. The molecule has 3 aromatic rings. The van der Waals surface area contributed by atoms with E-state index in [1.165, 1.54) is 12.1 Å². The number of alkyl halides is 3. The van der Waals surface area contributed by atoms with Crippen molar-refractivity contribution < 1.29 is 27.1 Å². The number of nitrogens with zero attached hydrogens (tertiary/aromatic N) is 3. The van der Waals surface area contributed by atoms with E-state index in [2.05, 4.69) is 10.2 Å². The van der Waals surface area contributed by atoms with Crippen molar-refractivity contribution in [1.82, 2.24) is 15.1 Å². The summed E-state index contributed by atoms with van der Waals surface area (Å²) in [4.78, 5) is 14.7. The van der Waals surface area contributed by atoms with Gasteiger partial charge in [0.25, 0.3) is 5.91 Å². The van der Waals surface area contributed by atoms with Crippen LogP contribution in [0.5, 0.6) is 5.75 Å². The zero-order valence-electron chi connectivity index (χ0n) is 18.3. The van der Waals surface area contributed by atoms with Crippen molar-refractivity contribution in [2.75, 3.05) is 13.1 Å². The number of benzene rings is 2. The standard InChI is InChI=1S/C24H24F3N3O3/c1-15(2)32-20-11-7-17(8-12-20)23(31)30-13-3-4-18(14-30)22-29-28-21(33-22)16-5-9-19(10-6-16)24(25,26)27/h5-12,15,18H,3-4,13-14H2,1-2H3. The van der Waals surface area contributed by atoms with Crippen molar-refractivity contribution in [2.24, 2.45) is 0 Å². The molecule has 1 aliphatic rings. The summed E-state index contributed by atoms with van der Waals surface area (Å²) in [7, 11) is 0. The minimum Gasteiger partial charge on any atom is -0.491 e. The van der Waals surface area contributed by atoms with Crippen molar-refractivity contribution in [1.29, 1.82) is 0 Å². The molecule has 1 aromatic heterocycles. The van der Waals surface area contributed by atoms with Gasteiger partial charge in [-0.15, -0.1) is 10.2 Å². The topological polar surface area (TPSA) is 68.5 Å². The summed E-state index contributed by atoms with van der Waals surface area (Å²) in [6.45, 7) is 4.93. The predicted molar refractivity (Wildman–Crippen MR) is 115 cm³/mol. The number of ether oxygens (including phenoxy) is 1. The SMILES string of the molecule is CC(C)Oc1ccc(C(=O)N2CCCC(c3nnc(-c4ccc(C(F)(F)F)cc4)o3)C2)cc1. The van der Waals surface area contributed by atoms with Gasteiger partial charge in [0.05, 0.1) is 17.6 Å². The maximum Gasteiger partial charge on any atom is 0.416 e. The van der Waals surface area contributed by atoms with E-state index in [0.29, 0.717) is 35.9 Å². The molecular formula is C24H24F3N3O3. The predicted octanol–water partition coefficient (Wildman–Crippen LogP) is 5.56. The average molecular weight is 459 g/mol. The maximum atomic E-state index is 13.0. The highest BCUT2D eigenvalue weighted by Gasteiger charge is 2.31. The first kappa shape index (κ1) is 22.8. The number of hydrogen-bond acceptors (Lipinski definition) is 5. The van der Waals surface area contributed by atoms with Crippen LogP contribution in [0.1, 0.15) is 54.4 Å². The summed E-state index contributed by atoms with van der Waals surface area (Å²) in [5.41, 5.74) is 0.244. The maximum absolute atomic E-state index is 13.0. The smallest absolute Gasteiger partial charge is 0.416 e. The van der Waals surface area contributed by atoms with Crippen molar-refractivity contribution in [3.8, 4) is 17.2 Å². The van der Waals surface area contributed by atoms with Crippen molar-refractivity contribution in [3.63, 3.8) is 0 Å². The molecule has 9 heteroatoms. The van der Waals surface area contributed by atoms with Gasteiger partial charge in [-0.1, -0.05) is 0 Å². The molecule has 0 aliphatic carbocycles. The highest BCUT2D eigenvalue weighted by atomic mass is 19.4. The van der Waals surface area contributed by atoms with Gasteiger partial charge in [0.1, 0.15) is 5.75 Å². The first-order chi connectivity index (χ1) is 15.7. The second-order valence-electron chi connectivity index (χ2n) is 8.30. The van der Waals surface area contributed by atoms with Crippen LogP contribution in [0.4, 0.5) is 13.2 Å². The molecular weight excluding hydrogens is 435 g/mol. The Morgan fingerprint density at radius 2 is 1.79 bits per heavy atom. The Morgan fingerprint density at radius 1 is 1.09 bits per heavy atom. The lowest BCUT2D eigenvalue weighted by Gasteiger charge is -2.31. The first-order valence-corrected chi connectivity index (χ1v) is 10.8. The number of aromatic nitrogens is 2. The van der Waals surface area contributed by atoms with E-state index >= 15 is 0 Å². The summed E-state index contributed by atoms with van der Waals surface area (Å²) in [5.74, 6) is 1.02. The third kappa shape index (κ3) is 5.35. The molecule has 6 nitrogen and oxygen atoms in total. The number of likely N-dealkylation sites (tertiary alicyclic amines) is 1. The fourth-order valence-electron chi connectivity index (χ4n) is 3.81. The monoisotopic (exact) mass is 459 g/mol. The van der Waals surface area contributed by atoms with Crippen LogP contribution in [0.15, 0.2) is 52.9 Å². The molecule has 1 aliphatic heterocycles. The zero-order valence-corrected chi connectivity index (χ0v) is 18.3. The molecule has 0 bridgehead atoms. The van der Waals surface area contributed by atoms with Crippen LogP contribution in [-0.4, -0.2) is 40.2 Å². The Morgan fingerprint density at radius 3 is 2.42 bits per heavy atom. The summed E-state index contributed by atoms with van der Waals surface area (Å²) < 4.78 is 49.7. The van der Waals surface area contributed by atoms with Crippen LogP contribution in [0, 0.1) is 0 Å². The van der Waals surface area contributed by atoms with E-state index in [0.717, 1.165) is 25.0 Å². The molecule has 0 N–H and O–H groups in total. The number of carbonyl (C=O) groups is 1. The van der Waals surface area contributed by atoms with Crippen LogP contribution in [-0.2, 0) is 6.18 Å². The van der Waals surface area contributed by atoms with E-state index in [1.54, 1.807) is 29.2 Å². The average Bonchev–Trinajstić information content (AvgIpc) is 3.29. The van der Waals surface area contributed by atoms with Crippen LogP contribution < -0.4 is 4.74 Å². The molecule has 1 atom stereocenters. The number of piperidine rings is 1. The Kier molecular flexibility index (Phi) is 6.40. The molecule has 174 valence electrons. The van der Waals surface area contributed by atoms with Crippen LogP contribution in [0.3, 0.4) is 0 Å². The van der Waals surface area contributed by atoms with Crippen LogP contribution in [0.2, 0.25) is 0 Å². The minimum atomic E-state index is -4.40. The summed E-state index contributed by atoms with van der Waals surface area (Å²) >= 11 is 0. The van der Waals surface area contributed by atoms with Gasteiger partial charge >= 0.3 is 6.18 Å². The van der Waals surface area contributed by atoms with Gasteiger partial charge < -0.3 is 14.1 Å². The van der Waals surface area contributed by atoms with Crippen molar-refractivity contribution in [2.45, 2.75) is 44.9 Å². The fourth-order valence-corrected chi connectivity index (χ4v) is 3.81. The molecule has 0 radical (unpaired) electrons. The second-order valence-corrected chi connectivity index (χ2v) is 8.30. The normalized spacial score (nSPS) is 16.8. The highest BCUT2D eigenvalue weighted by molar-refractivity contribution is 5.94. The zero-order chi connectivity index (χ0) is 23.6. The van der Waals surface area contributed by atoms with Gasteiger partial charge in [-0.05, 0) is 75.2 Å². The van der Waals surface area contributed by atoms with Gasteiger partial charge in [0.15, 0.2) is 0 Å². The van der Waals surface area contributed by atoms with E-state index in [-0.39, 0.29) is 23.8 Å². The van der Waals surface area contributed by atoms with Gasteiger partial charge in [-0.25, -0.2) is 0 Å². The number of hydrogen-bond donors (Lipinski definition) is 0. The second kappa shape index (κ2) is 9.25. The lowest BCUT2D eigenvalue weighted by molar-refractivity contribution is -0.137. The number of halogens is 3. The van der Waals surface area contributed by atoms with E-state index in [1.807, 2.05) is 13.8 Å². The Balaban J connectivity index is 1.43. The number of rotatable bonds is 5. The molecule has 1 fully saturated rings. The number of carbonyl (C=O) groups excluding carboxylic acids is 1. The molecule has 0 spiro atoms. The summed E-state index contributed by atoms with van der Waals surface area (Å²) in [6, 6.07) is 11.6. The molecule has 1 amide bonds. The molecule has 1 saturated heterocycles. The first-order valence-electron chi connectivity index (χ1n) is 10.8. The molecule has 1 unspecified atom stereocenters. The van der Waals surface area contributed by atoms with Crippen LogP contribution in [0.25, 0.3) is 11.5 Å². The number of amides is 1. The van der Waals surface area contributed by atoms with Crippen molar-refractivity contribution in [3.05, 3.63) is 65.5 Å². The summed E-state index contributed by atoms with van der Waals surface area (Å²) in [6.07, 6.45) is -2.79. The van der Waals surface area contributed by atoms with Gasteiger partial charge in [-0.3, -0.25) is 4.79 Å². The molecule has 2 aromatic carbocycles. The summed E-state index contributed by atoms with van der Waals surface area (Å²) in [5, 5.41) is 8.10. The van der Waals surface area contributed by atoms with Gasteiger partial charge in [0, 0.05) is 24.2 Å². The highest BCUT2D eigenvalue weighted by Crippen LogP contribution is 2.32. The Labute approximate surface area is 189 Å². The molecule has 33 heavy (non-hydrogen) atoms.